The lowest BCUT2D eigenvalue weighted by Crippen LogP contribution is -2.08. The molecule has 1 aliphatic heterocycles. The SMILES string of the molecule is C=C1OCCCC1=C(C)C(=C)C(=C)c1cc[nH]c1C(=O)CC. The molecule has 3 nitrogen and oxygen atoms in total. The molecule has 1 fully saturated rings. The van der Waals surface area contributed by atoms with Gasteiger partial charge >= 0.3 is 0 Å². The quantitative estimate of drug-likeness (QED) is 0.625. The highest BCUT2D eigenvalue weighted by Gasteiger charge is 2.19. The fourth-order valence-corrected chi connectivity index (χ4v) is 2.67. The summed E-state index contributed by atoms with van der Waals surface area (Å²) in [5, 5.41) is 0. The molecule has 1 aromatic rings. The Morgan fingerprint density at radius 2 is 2.14 bits per heavy atom. The lowest BCUT2D eigenvalue weighted by molar-refractivity contribution is 0.0983. The molecule has 0 saturated carbocycles. The first-order valence-corrected chi connectivity index (χ1v) is 7.58. The van der Waals surface area contributed by atoms with Crippen molar-refractivity contribution >= 4 is 11.4 Å². The molecule has 116 valence electrons. The van der Waals surface area contributed by atoms with E-state index in [1.807, 2.05) is 19.9 Å². The van der Waals surface area contributed by atoms with E-state index in [1.165, 1.54) is 0 Å². The normalized spacial score (nSPS) is 16.9. The van der Waals surface area contributed by atoms with E-state index in [9.17, 15) is 4.79 Å². The largest absolute Gasteiger partial charge is 0.494 e. The summed E-state index contributed by atoms with van der Waals surface area (Å²) < 4.78 is 5.53. The Morgan fingerprint density at radius 1 is 1.41 bits per heavy atom. The van der Waals surface area contributed by atoms with Crippen LogP contribution < -0.4 is 0 Å². The number of aromatic nitrogens is 1. The highest BCUT2D eigenvalue weighted by molar-refractivity contribution is 6.01. The highest BCUT2D eigenvalue weighted by atomic mass is 16.5. The molecule has 0 bridgehead atoms. The van der Waals surface area contributed by atoms with Crippen LogP contribution in [0.3, 0.4) is 0 Å². The molecule has 3 heteroatoms. The molecule has 0 aromatic carbocycles. The molecule has 1 N–H and O–H groups in total. The number of H-pyrrole nitrogens is 1. The van der Waals surface area contributed by atoms with Crippen LogP contribution in [0.4, 0.5) is 0 Å². The number of nitrogens with one attached hydrogen (secondary N) is 1. The average molecular weight is 297 g/mol. The number of rotatable bonds is 5. The summed E-state index contributed by atoms with van der Waals surface area (Å²) in [6.45, 7) is 16.9. The maximum absolute atomic E-state index is 12.0. The number of ether oxygens (including phenoxy) is 1. The van der Waals surface area contributed by atoms with Crippen molar-refractivity contribution in [3.05, 3.63) is 65.7 Å². The van der Waals surface area contributed by atoms with E-state index < -0.39 is 0 Å². The van der Waals surface area contributed by atoms with Crippen LogP contribution >= 0.6 is 0 Å². The van der Waals surface area contributed by atoms with Crippen LogP contribution in [0.1, 0.15) is 49.2 Å². The number of ketones is 1. The molecule has 1 aliphatic rings. The van der Waals surface area contributed by atoms with Gasteiger partial charge in [-0.1, -0.05) is 26.7 Å². The van der Waals surface area contributed by atoms with Gasteiger partial charge in [-0.3, -0.25) is 4.79 Å². The number of hydrogen-bond donors (Lipinski definition) is 1. The van der Waals surface area contributed by atoms with Crippen LogP contribution in [-0.4, -0.2) is 17.4 Å². The zero-order chi connectivity index (χ0) is 16.3. The maximum Gasteiger partial charge on any atom is 0.179 e. The molecule has 0 amide bonds. The molecule has 1 saturated heterocycles. The van der Waals surface area contributed by atoms with E-state index in [2.05, 4.69) is 24.7 Å². The van der Waals surface area contributed by atoms with Crippen LogP contribution in [0.5, 0.6) is 0 Å². The Kier molecular flexibility index (Phi) is 4.86. The van der Waals surface area contributed by atoms with Gasteiger partial charge in [0, 0.05) is 18.2 Å². The van der Waals surface area contributed by atoms with Crippen molar-refractivity contribution in [1.29, 1.82) is 0 Å². The van der Waals surface area contributed by atoms with E-state index in [4.69, 9.17) is 4.74 Å². The van der Waals surface area contributed by atoms with Crippen LogP contribution in [0.2, 0.25) is 0 Å². The first-order valence-electron chi connectivity index (χ1n) is 7.58. The lowest BCUT2D eigenvalue weighted by Gasteiger charge is -2.22. The zero-order valence-electron chi connectivity index (χ0n) is 13.4. The Balaban J connectivity index is 2.32. The number of hydrogen-bond acceptors (Lipinski definition) is 2. The summed E-state index contributed by atoms with van der Waals surface area (Å²) in [4.78, 5) is 15.0. The van der Waals surface area contributed by atoms with Crippen LogP contribution in [0.15, 0.2) is 54.5 Å². The molecule has 2 rings (SSSR count). The third-order valence-electron chi connectivity index (χ3n) is 4.13. The van der Waals surface area contributed by atoms with Gasteiger partial charge in [0.15, 0.2) is 5.78 Å². The molecule has 0 aliphatic carbocycles. The van der Waals surface area contributed by atoms with Gasteiger partial charge < -0.3 is 9.72 Å². The molecule has 2 heterocycles. The number of Topliss-reactive ketones (excluding diaryl/α,β-unsaturated/α-hetero) is 1. The minimum Gasteiger partial charge on any atom is -0.494 e. The molecule has 0 atom stereocenters. The van der Waals surface area contributed by atoms with Gasteiger partial charge in [0.1, 0.15) is 5.76 Å². The summed E-state index contributed by atoms with van der Waals surface area (Å²) in [6.07, 6.45) is 4.14. The molecular weight excluding hydrogens is 274 g/mol. The molecule has 0 radical (unpaired) electrons. The number of allylic oxidation sites excluding steroid dienone is 4. The highest BCUT2D eigenvalue weighted by Crippen LogP contribution is 2.34. The van der Waals surface area contributed by atoms with Crippen LogP contribution in [0.25, 0.3) is 5.57 Å². The summed E-state index contributed by atoms with van der Waals surface area (Å²) in [7, 11) is 0. The molecule has 0 unspecified atom stereocenters. The zero-order valence-corrected chi connectivity index (χ0v) is 13.4. The number of carbonyl (C=O) groups excluding carboxylic acids is 1. The Hall–Kier alpha value is -2.29. The number of carbonyl (C=O) groups is 1. The van der Waals surface area contributed by atoms with E-state index in [0.717, 1.165) is 53.1 Å². The van der Waals surface area contributed by atoms with Crippen molar-refractivity contribution < 1.29 is 9.53 Å². The standard InChI is InChI=1S/C19H23NO2/c1-6-18(21)19-17(9-10-20-19)14(4)12(2)13(3)16-8-7-11-22-15(16)5/h9-10,20H,2,4-8,11H2,1,3H3. The van der Waals surface area contributed by atoms with Crippen molar-refractivity contribution in [2.24, 2.45) is 0 Å². The van der Waals surface area contributed by atoms with Gasteiger partial charge in [-0.05, 0) is 48.1 Å². The van der Waals surface area contributed by atoms with Gasteiger partial charge in [-0.15, -0.1) is 0 Å². The third kappa shape index (κ3) is 2.98. The predicted molar refractivity (Wildman–Crippen MR) is 90.6 cm³/mol. The van der Waals surface area contributed by atoms with Crippen molar-refractivity contribution in [2.45, 2.75) is 33.1 Å². The second-order valence-corrected chi connectivity index (χ2v) is 5.48. The van der Waals surface area contributed by atoms with Gasteiger partial charge in [0.05, 0.1) is 12.3 Å². The summed E-state index contributed by atoms with van der Waals surface area (Å²) in [5.74, 6) is 0.793. The Labute approximate surface area is 132 Å². The van der Waals surface area contributed by atoms with E-state index in [0.29, 0.717) is 12.1 Å². The Morgan fingerprint density at radius 3 is 2.77 bits per heavy atom. The minimum atomic E-state index is 0.0738. The van der Waals surface area contributed by atoms with Gasteiger partial charge in [0.25, 0.3) is 0 Å². The van der Waals surface area contributed by atoms with Crippen molar-refractivity contribution in [3.63, 3.8) is 0 Å². The van der Waals surface area contributed by atoms with E-state index in [1.54, 1.807) is 6.20 Å². The van der Waals surface area contributed by atoms with Crippen molar-refractivity contribution in [1.82, 2.24) is 4.98 Å². The van der Waals surface area contributed by atoms with E-state index >= 15 is 0 Å². The van der Waals surface area contributed by atoms with Crippen molar-refractivity contribution in [3.8, 4) is 0 Å². The van der Waals surface area contributed by atoms with Gasteiger partial charge in [0.2, 0.25) is 0 Å². The van der Waals surface area contributed by atoms with Gasteiger partial charge in [-0.25, -0.2) is 0 Å². The van der Waals surface area contributed by atoms with Gasteiger partial charge in [-0.2, -0.15) is 0 Å². The topological polar surface area (TPSA) is 42.1 Å². The fraction of sp³-hybridized carbons (Fsp3) is 0.316. The smallest absolute Gasteiger partial charge is 0.179 e. The molecular formula is C19H23NO2. The average Bonchev–Trinajstić information content (AvgIpc) is 3.02. The monoisotopic (exact) mass is 297 g/mol. The number of aromatic amines is 1. The lowest BCUT2D eigenvalue weighted by atomic mass is 9.89. The second-order valence-electron chi connectivity index (χ2n) is 5.48. The second kappa shape index (κ2) is 6.65. The van der Waals surface area contributed by atoms with Crippen molar-refractivity contribution in [2.75, 3.05) is 6.61 Å². The van der Waals surface area contributed by atoms with Crippen LogP contribution in [0, 0.1) is 0 Å². The molecule has 0 spiro atoms. The Bertz CT molecular complexity index is 673. The summed E-state index contributed by atoms with van der Waals surface area (Å²) >= 11 is 0. The first kappa shape index (κ1) is 16.1. The maximum atomic E-state index is 12.0. The fourth-order valence-electron chi connectivity index (χ4n) is 2.67. The molecule has 22 heavy (non-hydrogen) atoms. The van der Waals surface area contributed by atoms with Crippen LogP contribution in [-0.2, 0) is 4.74 Å². The predicted octanol–water partition coefficient (Wildman–Crippen LogP) is 4.82. The first-order chi connectivity index (χ1) is 10.5. The third-order valence-corrected chi connectivity index (χ3v) is 4.13. The summed E-state index contributed by atoms with van der Waals surface area (Å²) in [5.41, 5.74) is 5.14. The minimum absolute atomic E-state index is 0.0738. The molecule has 1 aromatic heterocycles. The summed E-state index contributed by atoms with van der Waals surface area (Å²) in [6, 6.07) is 1.88. The van der Waals surface area contributed by atoms with E-state index in [-0.39, 0.29) is 5.78 Å².